The van der Waals surface area contributed by atoms with E-state index in [1.165, 1.54) is 6.92 Å². The topological polar surface area (TPSA) is 142 Å². The van der Waals surface area contributed by atoms with Gasteiger partial charge in [0.2, 0.25) is 0 Å². The third-order valence-corrected chi connectivity index (χ3v) is 2.62. The van der Waals surface area contributed by atoms with E-state index < -0.39 is 30.2 Å². The number of rotatable bonds is 12. The van der Waals surface area contributed by atoms with Gasteiger partial charge in [-0.15, -0.1) is 0 Å². The van der Waals surface area contributed by atoms with Gasteiger partial charge in [-0.2, -0.15) is 0 Å². The fourth-order valence-corrected chi connectivity index (χ4v) is 1.39. The zero-order valence-corrected chi connectivity index (χ0v) is 11.6. The standard InChI is InChI=1S/C12H25NO7/c1-8(14)10(16)12(18)11(17)9(15)2-4-19-6-7-20-5-3-13/h8,10-12,14,16-18H,2-7,13H2,1H3/t8-,10+,11+,12+/m0/s1. The molecule has 0 aromatic rings. The Morgan fingerprint density at radius 1 is 1.00 bits per heavy atom. The van der Waals surface area contributed by atoms with Crippen molar-refractivity contribution < 1.29 is 34.7 Å². The van der Waals surface area contributed by atoms with Gasteiger partial charge in [-0.05, 0) is 6.92 Å². The molecule has 20 heavy (non-hydrogen) atoms. The maximum atomic E-state index is 11.5. The minimum Gasteiger partial charge on any atom is -0.391 e. The molecule has 120 valence electrons. The van der Waals surface area contributed by atoms with Crippen molar-refractivity contribution in [3.8, 4) is 0 Å². The summed E-state index contributed by atoms with van der Waals surface area (Å²) in [4.78, 5) is 11.5. The summed E-state index contributed by atoms with van der Waals surface area (Å²) in [6, 6.07) is 0. The molecule has 0 aromatic heterocycles. The molecule has 0 bridgehead atoms. The Morgan fingerprint density at radius 2 is 1.55 bits per heavy atom. The number of aliphatic hydroxyl groups excluding tert-OH is 4. The van der Waals surface area contributed by atoms with Gasteiger partial charge in [0.05, 0.1) is 32.5 Å². The second-order valence-corrected chi connectivity index (χ2v) is 4.40. The van der Waals surface area contributed by atoms with Crippen molar-refractivity contribution >= 4 is 5.78 Å². The average Bonchev–Trinajstić information content (AvgIpc) is 2.43. The van der Waals surface area contributed by atoms with E-state index in [1.54, 1.807) is 0 Å². The van der Waals surface area contributed by atoms with E-state index in [-0.39, 0.29) is 13.0 Å². The van der Waals surface area contributed by atoms with Crippen molar-refractivity contribution in [3.05, 3.63) is 0 Å². The SMILES string of the molecule is C[C@H](O)[C@@H](O)[C@@H](O)[C@H](O)C(=O)CCOCCOCCN. The molecule has 8 heteroatoms. The fraction of sp³-hybridized carbons (Fsp3) is 0.917. The average molecular weight is 295 g/mol. The predicted molar refractivity (Wildman–Crippen MR) is 70.0 cm³/mol. The van der Waals surface area contributed by atoms with Gasteiger partial charge in [-0.1, -0.05) is 0 Å². The minimum atomic E-state index is -1.75. The highest BCUT2D eigenvalue weighted by atomic mass is 16.5. The normalized spacial score (nSPS) is 17.5. The molecular weight excluding hydrogens is 270 g/mol. The highest BCUT2D eigenvalue weighted by Crippen LogP contribution is 2.07. The molecule has 0 aliphatic carbocycles. The lowest BCUT2D eigenvalue weighted by atomic mass is 10.00. The van der Waals surface area contributed by atoms with E-state index in [0.717, 1.165) is 0 Å². The number of hydrogen-bond acceptors (Lipinski definition) is 8. The fourth-order valence-electron chi connectivity index (χ4n) is 1.39. The van der Waals surface area contributed by atoms with Crippen LogP contribution in [-0.4, -0.2) is 83.6 Å². The molecule has 0 aromatic carbocycles. The van der Waals surface area contributed by atoms with Crippen molar-refractivity contribution in [2.45, 2.75) is 37.8 Å². The van der Waals surface area contributed by atoms with Gasteiger partial charge in [0.1, 0.15) is 18.3 Å². The molecule has 8 nitrogen and oxygen atoms in total. The summed E-state index contributed by atoms with van der Waals surface area (Å²) >= 11 is 0. The summed E-state index contributed by atoms with van der Waals surface area (Å²) in [5.74, 6) is -0.667. The van der Waals surface area contributed by atoms with E-state index in [9.17, 15) is 20.1 Å². The largest absolute Gasteiger partial charge is 0.391 e. The molecule has 0 rings (SSSR count). The van der Waals surface area contributed by atoms with Crippen LogP contribution in [0.15, 0.2) is 0 Å². The molecule has 0 aliphatic heterocycles. The van der Waals surface area contributed by atoms with Crippen LogP contribution >= 0.6 is 0 Å². The lowest BCUT2D eigenvalue weighted by Crippen LogP contribution is -2.46. The maximum Gasteiger partial charge on any atom is 0.166 e. The quantitative estimate of drug-likeness (QED) is 0.247. The Labute approximate surface area is 118 Å². The zero-order chi connectivity index (χ0) is 15.5. The van der Waals surface area contributed by atoms with Gasteiger partial charge in [0.15, 0.2) is 5.78 Å². The van der Waals surface area contributed by atoms with E-state index in [2.05, 4.69) is 0 Å². The Morgan fingerprint density at radius 3 is 2.05 bits per heavy atom. The first-order valence-corrected chi connectivity index (χ1v) is 6.52. The molecule has 6 N–H and O–H groups in total. The molecule has 0 saturated carbocycles. The van der Waals surface area contributed by atoms with Crippen LogP contribution in [0.4, 0.5) is 0 Å². The van der Waals surface area contributed by atoms with Crippen molar-refractivity contribution in [3.63, 3.8) is 0 Å². The maximum absolute atomic E-state index is 11.5. The molecular formula is C12H25NO7. The van der Waals surface area contributed by atoms with Crippen LogP contribution in [-0.2, 0) is 14.3 Å². The number of ketones is 1. The summed E-state index contributed by atoms with van der Waals surface area (Å²) in [6.07, 6.45) is -6.42. The first kappa shape index (κ1) is 19.4. The molecule has 4 atom stereocenters. The van der Waals surface area contributed by atoms with Crippen LogP contribution < -0.4 is 5.73 Å². The Bertz CT molecular complexity index is 262. The van der Waals surface area contributed by atoms with Crippen LogP contribution in [0.2, 0.25) is 0 Å². The predicted octanol–water partition coefficient (Wildman–Crippen LogP) is -2.60. The number of carbonyl (C=O) groups is 1. The van der Waals surface area contributed by atoms with Crippen molar-refractivity contribution in [1.82, 2.24) is 0 Å². The van der Waals surface area contributed by atoms with Gasteiger partial charge in [0.25, 0.3) is 0 Å². The Kier molecular flexibility index (Phi) is 10.8. The number of carbonyl (C=O) groups excluding carboxylic acids is 1. The van der Waals surface area contributed by atoms with Gasteiger partial charge in [-0.3, -0.25) is 4.79 Å². The van der Waals surface area contributed by atoms with Crippen LogP contribution in [0.25, 0.3) is 0 Å². The summed E-state index contributed by atoms with van der Waals surface area (Å²) < 4.78 is 10.1. The summed E-state index contributed by atoms with van der Waals surface area (Å²) in [7, 11) is 0. The first-order valence-electron chi connectivity index (χ1n) is 6.52. The van der Waals surface area contributed by atoms with Crippen LogP contribution in [0.1, 0.15) is 13.3 Å². The number of ether oxygens (including phenoxy) is 2. The van der Waals surface area contributed by atoms with Crippen LogP contribution in [0.3, 0.4) is 0 Å². The van der Waals surface area contributed by atoms with Gasteiger partial charge < -0.3 is 35.6 Å². The van der Waals surface area contributed by atoms with Crippen molar-refractivity contribution in [2.24, 2.45) is 5.73 Å². The number of Topliss-reactive ketones (excluding diaryl/α,β-unsaturated/α-hetero) is 1. The lowest BCUT2D eigenvalue weighted by molar-refractivity contribution is -0.144. The second kappa shape index (κ2) is 11.1. The molecule has 0 spiro atoms. The van der Waals surface area contributed by atoms with Gasteiger partial charge >= 0.3 is 0 Å². The van der Waals surface area contributed by atoms with E-state index in [1.807, 2.05) is 0 Å². The third-order valence-electron chi connectivity index (χ3n) is 2.62. The lowest BCUT2D eigenvalue weighted by Gasteiger charge is -2.23. The molecule has 0 saturated heterocycles. The van der Waals surface area contributed by atoms with Gasteiger partial charge in [0, 0.05) is 13.0 Å². The number of hydrogen-bond donors (Lipinski definition) is 5. The van der Waals surface area contributed by atoms with Crippen molar-refractivity contribution in [2.75, 3.05) is 33.0 Å². The molecule has 0 fully saturated rings. The highest BCUT2D eigenvalue weighted by Gasteiger charge is 2.32. The van der Waals surface area contributed by atoms with Crippen molar-refractivity contribution in [1.29, 1.82) is 0 Å². The zero-order valence-electron chi connectivity index (χ0n) is 11.6. The molecule has 0 aliphatic rings. The van der Waals surface area contributed by atoms with Gasteiger partial charge in [-0.25, -0.2) is 0 Å². The summed E-state index contributed by atoms with van der Waals surface area (Å²) in [5, 5.41) is 37.4. The third kappa shape index (κ3) is 7.85. The summed E-state index contributed by atoms with van der Waals surface area (Å²) in [6.45, 7) is 2.83. The smallest absolute Gasteiger partial charge is 0.166 e. The summed E-state index contributed by atoms with van der Waals surface area (Å²) in [5.41, 5.74) is 5.22. The minimum absolute atomic E-state index is 0.0688. The number of nitrogens with two attached hydrogens (primary N) is 1. The second-order valence-electron chi connectivity index (χ2n) is 4.40. The first-order chi connectivity index (χ1) is 9.41. The molecule has 0 heterocycles. The molecule has 0 unspecified atom stereocenters. The van der Waals surface area contributed by atoms with E-state index in [4.69, 9.17) is 20.3 Å². The molecule has 0 radical (unpaired) electrons. The van der Waals surface area contributed by atoms with Crippen LogP contribution in [0, 0.1) is 0 Å². The monoisotopic (exact) mass is 295 g/mol. The Balaban J connectivity index is 3.80. The molecule has 0 amide bonds. The Hall–Kier alpha value is -0.610. The highest BCUT2D eigenvalue weighted by molar-refractivity contribution is 5.83. The number of aliphatic hydroxyl groups is 4. The van der Waals surface area contributed by atoms with E-state index >= 15 is 0 Å². The van der Waals surface area contributed by atoms with Crippen LogP contribution in [0.5, 0.6) is 0 Å². The van der Waals surface area contributed by atoms with E-state index in [0.29, 0.717) is 26.4 Å².